The van der Waals surface area contributed by atoms with Gasteiger partial charge in [0.05, 0.1) is 23.3 Å². The molecule has 7 heteroatoms. The summed E-state index contributed by atoms with van der Waals surface area (Å²) in [5.41, 5.74) is 3.25. The lowest BCUT2D eigenvalue weighted by Gasteiger charge is -2.06. The van der Waals surface area contributed by atoms with Crippen LogP contribution in [0.15, 0.2) is 84.5 Å². The molecule has 150 valence electrons. The minimum atomic E-state index is -0.205. The average Bonchev–Trinajstić information content (AvgIpc) is 3.46. The molecule has 0 bridgehead atoms. The lowest BCUT2D eigenvalue weighted by molar-refractivity contribution is 0.0953. The van der Waals surface area contributed by atoms with Crippen molar-refractivity contribution in [2.75, 3.05) is 5.32 Å². The molecule has 0 spiro atoms. The van der Waals surface area contributed by atoms with Gasteiger partial charge in [-0.15, -0.1) is 11.3 Å². The molecule has 0 saturated carbocycles. The number of carbonyl (C=O) groups excluding carboxylic acids is 2. The summed E-state index contributed by atoms with van der Waals surface area (Å²) < 4.78 is 1.78. The molecule has 2 amide bonds. The maximum absolute atomic E-state index is 12.5. The Morgan fingerprint density at radius 3 is 2.43 bits per heavy atom. The van der Waals surface area contributed by atoms with E-state index in [2.05, 4.69) is 15.7 Å². The first-order chi connectivity index (χ1) is 14.7. The maximum Gasteiger partial charge on any atom is 0.261 e. The van der Waals surface area contributed by atoms with E-state index >= 15 is 0 Å². The second-order valence-electron chi connectivity index (χ2n) is 6.72. The van der Waals surface area contributed by atoms with Crippen molar-refractivity contribution in [2.45, 2.75) is 13.1 Å². The van der Waals surface area contributed by atoms with Gasteiger partial charge in [0.2, 0.25) is 0 Å². The Hall–Kier alpha value is -3.71. The highest BCUT2D eigenvalue weighted by Gasteiger charge is 2.09. The molecule has 0 saturated heterocycles. The quantitative estimate of drug-likeness (QED) is 0.475. The van der Waals surface area contributed by atoms with E-state index in [9.17, 15) is 9.59 Å². The predicted octanol–water partition coefficient (Wildman–Crippen LogP) is 4.18. The molecule has 0 unspecified atom stereocenters. The number of carbonyl (C=O) groups is 2. The predicted molar refractivity (Wildman–Crippen MR) is 118 cm³/mol. The Labute approximate surface area is 178 Å². The molecule has 4 aromatic rings. The molecule has 0 aliphatic carbocycles. The van der Waals surface area contributed by atoms with Gasteiger partial charge in [-0.1, -0.05) is 48.5 Å². The van der Waals surface area contributed by atoms with Crippen LogP contribution in [0.25, 0.3) is 0 Å². The summed E-state index contributed by atoms with van der Waals surface area (Å²) in [6, 6.07) is 20.8. The highest BCUT2D eigenvalue weighted by atomic mass is 32.1. The number of anilines is 1. The van der Waals surface area contributed by atoms with Gasteiger partial charge >= 0.3 is 0 Å². The topological polar surface area (TPSA) is 76.0 Å². The van der Waals surface area contributed by atoms with Crippen LogP contribution >= 0.6 is 11.3 Å². The van der Waals surface area contributed by atoms with Crippen molar-refractivity contribution in [3.63, 3.8) is 0 Å². The van der Waals surface area contributed by atoms with Crippen molar-refractivity contribution in [1.82, 2.24) is 15.1 Å². The van der Waals surface area contributed by atoms with Gasteiger partial charge in [-0.25, -0.2) is 0 Å². The summed E-state index contributed by atoms with van der Waals surface area (Å²) in [4.78, 5) is 25.2. The molecule has 4 rings (SSSR count). The third-order valence-electron chi connectivity index (χ3n) is 4.49. The van der Waals surface area contributed by atoms with E-state index in [1.165, 1.54) is 11.3 Å². The summed E-state index contributed by atoms with van der Waals surface area (Å²) in [6.07, 6.45) is 3.44. The van der Waals surface area contributed by atoms with Crippen LogP contribution in [0.3, 0.4) is 0 Å². The molecule has 2 aromatic carbocycles. The van der Waals surface area contributed by atoms with Gasteiger partial charge in [0.25, 0.3) is 11.8 Å². The largest absolute Gasteiger partial charge is 0.347 e. The van der Waals surface area contributed by atoms with Gasteiger partial charge < -0.3 is 10.6 Å². The maximum atomic E-state index is 12.5. The Kier molecular flexibility index (Phi) is 6.01. The van der Waals surface area contributed by atoms with Crippen molar-refractivity contribution < 1.29 is 9.59 Å². The minimum absolute atomic E-state index is 0.0978. The number of hydrogen-bond donors (Lipinski definition) is 2. The number of hydrogen-bond acceptors (Lipinski definition) is 4. The zero-order valence-corrected chi connectivity index (χ0v) is 16.9. The van der Waals surface area contributed by atoms with Gasteiger partial charge in [0.1, 0.15) is 0 Å². The zero-order chi connectivity index (χ0) is 20.8. The van der Waals surface area contributed by atoms with E-state index in [4.69, 9.17) is 0 Å². The van der Waals surface area contributed by atoms with Gasteiger partial charge in [-0.3, -0.25) is 14.3 Å². The molecule has 30 heavy (non-hydrogen) atoms. The van der Waals surface area contributed by atoms with Gasteiger partial charge in [0.15, 0.2) is 0 Å². The molecule has 0 aliphatic heterocycles. The van der Waals surface area contributed by atoms with Crippen molar-refractivity contribution in [3.8, 4) is 0 Å². The highest BCUT2D eigenvalue weighted by molar-refractivity contribution is 7.12. The molecule has 2 N–H and O–H groups in total. The minimum Gasteiger partial charge on any atom is -0.347 e. The van der Waals surface area contributed by atoms with E-state index in [-0.39, 0.29) is 11.8 Å². The van der Waals surface area contributed by atoms with Crippen LogP contribution in [0.2, 0.25) is 0 Å². The first-order valence-electron chi connectivity index (χ1n) is 9.46. The third kappa shape index (κ3) is 5.01. The molecule has 0 radical (unpaired) electrons. The molecule has 6 nitrogen and oxygen atoms in total. The lowest BCUT2D eigenvalue weighted by Crippen LogP contribution is -2.21. The summed E-state index contributed by atoms with van der Waals surface area (Å²) in [7, 11) is 0. The van der Waals surface area contributed by atoms with E-state index in [1.807, 2.05) is 53.9 Å². The molecule has 0 aliphatic rings. The zero-order valence-electron chi connectivity index (χ0n) is 16.1. The van der Waals surface area contributed by atoms with E-state index in [1.54, 1.807) is 35.3 Å². The number of rotatable bonds is 7. The number of nitrogens with zero attached hydrogens (tertiary/aromatic N) is 2. The number of aromatic nitrogens is 2. The van der Waals surface area contributed by atoms with E-state index < -0.39 is 0 Å². The van der Waals surface area contributed by atoms with Gasteiger partial charge in [-0.2, -0.15) is 5.10 Å². The van der Waals surface area contributed by atoms with Crippen LogP contribution in [-0.4, -0.2) is 21.6 Å². The van der Waals surface area contributed by atoms with Crippen LogP contribution < -0.4 is 10.6 Å². The van der Waals surface area contributed by atoms with Crippen LogP contribution in [-0.2, 0) is 13.1 Å². The summed E-state index contributed by atoms with van der Waals surface area (Å²) in [6.45, 7) is 1.05. The van der Waals surface area contributed by atoms with Gasteiger partial charge in [0, 0.05) is 18.3 Å². The monoisotopic (exact) mass is 416 g/mol. The lowest BCUT2D eigenvalue weighted by atomic mass is 10.1. The fourth-order valence-corrected chi connectivity index (χ4v) is 3.58. The SMILES string of the molecule is O=C(Nc1cnn(Cc2ccccc2)c1)c1ccc(CNC(=O)c2cccs2)cc1. The fraction of sp³-hybridized carbons (Fsp3) is 0.0870. The first-order valence-corrected chi connectivity index (χ1v) is 10.3. The molecule has 0 atom stereocenters. The second kappa shape index (κ2) is 9.19. The number of thiophene rings is 1. The standard InChI is InChI=1S/C23H20N4O2S/c28-22(26-20-14-25-27(16-20)15-18-5-2-1-3-6-18)19-10-8-17(9-11-19)13-24-23(29)21-7-4-12-30-21/h1-12,14,16H,13,15H2,(H,24,29)(H,26,28). The smallest absolute Gasteiger partial charge is 0.261 e. The number of benzene rings is 2. The fourth-order valence-electron chi connectivity index (χ4n) is 2.94. The Bertz CT molecular complexity index is 1120. The van der Waals surface area contributed by atoms with Crippen LogP contribution in [0.1, 0.15) is 31.2 Å². The van der Waals surface area contributed by atoms with Crippen molar-refractivity contribution in [1.29, 1.82) is 0 Å². The second-order valence-corrected chi connectivity index (χ2v) is 7.67. The molecule has 2 heterocycles. The highest BCUT2D eigenvalue weighted by Crippen LogP contribution is 2.12. The van der Waals surface area contributed by atoms with Crippen molar-refractivity contribution >= 4 is 28.8 Å². The van der Waals surface area contributed by atoms with Crippen LogP contribution in [0.4, 0.5) is 5.69 Å². The normalized spacial score (nSPS) is 10.5. The third-order valence-corrected chi connectivity index (χ3v) is 5.36. The summed E-state index contributed by atoms with van der Waals surface area (Å²) in [5, 5.41) is 11.9. The molecular formula is C23H20N4O2S. The Morgan fingerprint density at radius 2 is 1.70 bits per heavy atom. The Morgan fingerprint density at radius 1 is 0.900 bits per heavy atom. The van der Waals surface area contributed by atoms with Crippen molar-refractivity contribution in [3.05, 3.63) is 106 Å². The molecular weight excluding hydrogens is 396 g/mol. The number of nitrogens with one attached hydrogen (secondary N) is 2. The first kappa shape index (κ1) is 19.6. The van der Waals surface area contributed by atoms with Crippen molar-refractivity contribution in [2.24, 2.45) is 0 Å². The van der Waals surface area contributed by atoms with Gasteiger partial charge in [-0.05, 0) is 34.7 Å². The Balaban J connectivity index is 1.31. The molecule has 2 aromatic heterocycles. The van der Waals surface area contributed by atoms with E-state index in [0.29, 0.717) is 29.2 Å². The number of amides is 2. The van der Waals surface area contributed by atoms with E-state index in [0.717, 1.165) is 11.1 Å². The average molecular weight is 417 g/mol. The summed E-state index contributed by atoms with van der Waals surface area (Å²) in [5.74, 6) is -0.303. The molecule has 0 fully saturated rings. The van der Waals surface area contributed by atoms with Crippen LogP contribution in [0, 0.1) is 0 Å². The van der Waals surface area contributed by atoms with Crippen LogP contribution in [0.5, 0.6) is 0 Å². The summed E-state index contributed by atoms with van der Waals surface area (Å²) >= 11 is 1.40.